The van der Waals surface area contributed by atoms with Crippen molar-refractivity contribution in [3.63, 3.8) is 0 Å². The molecule has 0 N–H and O–H groups in total. The van der Waals surface area contributed by atoms with Crippen molar-refractivity contribution in [1.29, 1.82) is 0 Å². The van der Waals surface area contributed by atoms with Gasteiger partial charge in [0.25, 0.3) is 0 Å². The van der Waals surface area contributed by atoms with Crippen LogP contribution in [0.4, 0.5) is 0 Å². The summed E-state index contributed by atoms with van der Waals surface area (Å²) in [5.74, 6) is 1.08. The molecule has 0 aliphatic rings. The number of aldehydes is 1. The van der Waals surface area contributed by atoms with Crippen LogP contribution in [0.5, 0.6) is 5.75 Å². The average Bonchev–Trinajstić information content (AvgIpc) is 2.29. The molecule has 0 bridgehead atoms. The summed E-state index contributed by atoms with van der Waals surface area (Å²) in [6, 6.07) is 8.08. The molecule has 0 saturated carbocycles. The highest BCUT2D eigenvalue weighted by Crippen LogP contribution is 2.15. The van der Waals surface area contributed by atoms with Crippen molar-refractivity contribution in [1.82, 2.24) is 0 Å². The highest BCUT2D eigenvalue weighted by molar-refractivity contribution is 5.52. The molecule has 0 fully saturated rings. The Labute approximate surface area is 91.3 Å². The van der Waals surface area contributed by atoms with E-state index in [2.05, 4.69) is 6.07 Å². The molecule has 0 amide bonds. The Balaban J connectivity index is 2.40. The number of carbonyl (C=O) groups is 1. The van der Waals surface area contributed by atoms with E-state index in [1.807, 2.05) is 25.1 Å². The Morgan fingerprint density at radius 2 is 2.27 bits per heavy atom. The Kier molecular flexibility index (Phi) is 4.88. The summed E-state index contributed by atoms with van der Waals surface area (Å²) in [6.07, 6.45) is 4.04. The maximum atomic E-state index is 10.4. The van der Waals surface area contributed by atoms with Gasteiger partial charge in [0, 0.05) is 5.92 Å². The van der Waals surface area contributed by atoms with Crippen LogP contribution in [0.2, 0.25) is 0 Å². The predicted octanol–water partition coefficient (Wildman–Crippen LogP) is 2.85. The van der Waals surface area contributed by atoms with Crippen LogP contribution < -0.4 is 4.74 Å². The lowest BCUT2D eigenvalue weighted by Crippen LogP contribution is -1.96. The van der Waals surface area contributed by atoms with Crippen LogP contribution in [0.15, 0.2) is 24.3 Å². The minimum atomic E-state index is 0.176. The zero-order chi connectivity index (χ0) is 11.1. The molecule has 1 aromatic carbocycles. The molecule has 2 nitrogen and oxygen atoms in total. The Bertz CT molecular complexity index is 307. The van der Waals surface area contributed by atoms with Crippen LogP contribution in [0.25, 0.3) is 0 Å². The van der Waals surface area contributed by atoms with Gasteiger partial charge in [0.1, 0.15) is 12.0 Å². The quantitative estimate of drug-likeness (QED) is 0.669. The van der Waals surface area contributed by atoms with Gasteiger partial charge in [-0.1, -0.05) is 19.1 Å². The van der Waals surface area contributed by atoms with E-state index in [-0.39, 0.29) is 5.92 Å². The topological polar surface area (TPSA) is 26.3 Å². The Hall–Kier alpha value is -1.31. The molecule has 1 rings (SSSR count). The van der Waals surface area contributed by atoms with E-state index in [9.17, 15) is 4.79 Å². The number of hydrogen-bond acceptors (Lipinski definition) is 2. The van der Waals surface area contributed by atoms with Crippen LogP contribution >= 0.6 is 0 Å². The summed E-state index contributed by atoms with van der Waals surface area (Å²) >= 11 is 0. The fourth-order valence-electron chi connectivity index (χ4n) is 1.52. The average molecular weight is 206 g/mol. The van der Waals surface area contributed by atoms with Gasteiger partial charge >= 0.3 is 0 Å². The van der Waals surface area contributed by atoms with Crippen molar-refractivity contribution in [3.8, 4) is 5.75 Å². The molecule has 0 spiro atoms. The first kappa shape index (κ1) is 11.8. The third kappa shape index (κ3) is 4.15. The molecule has 0 saturated heterocycles. The van der Waals surface area contributed by atoms with Crippen LogP contribution in [0.3, 0.4) is 0 Å². The molecule has 0 aliphatic heterocycles. The van der Waals surface area contributed by atoms with Crippen LogP contribution in [0.1, 0.15) is 25.3 Å². The molecular formula is C13H18O2. The molecule has 0 radical (unpaired) electrons. The summed E-state index contributed by atoms with van der Waals surface area (Å²) in [5.41, 5.74) is 1.27. The second-order valence-corrected chi connectivity index (χ2v) is 3.86. The highest BCUT2D eigenvalue weighted by atomic mass is 16.5. The second-order valence-electron chi connectivity index (χ2n) is 3.86. The smallest absolute Gasteiger partial charge is 0.122 e. The number of aryl methyl sites for hydroxylation is 1. The lowest BCUT2D eigenvalue weighted by atomic mass is 10.0. The van der Waals surface area contributed by atoms with E-state index in [0.29, 0.717) is 0 Å². The summed E-state index contributed by atoms with van der Waals surface area (Å²) in [7, 11) is 1.67. The van der Waals surface area contributed by atoms with Crippen molar-refractivity contribution >= 4 is 6.29 Å². The maximum absolute atomic E-state index is 10.4. The number of carbonyl (C=O) groups excluding carboxylic acids is 1. The number of hydrogen-bond donors (Lipinski definition) is 0. The van der Waals surface area contributed by atoms with Crippen molar-refractivity contribution in [3.05, 3.63) is 29.8 Å². The fourth-order valence-corrected chi connectivity index (χ4v) is 1.52. The van der Waals surface area contributed by atoms with E-state index in [4.69, 9.17) is 4.74 Å². The largest absolute Gasteiger partial charge is 0.497 e. The molecule has 0 heterocycles. The number of methoxy groups -OCH3 is 1. The van der Waals surface area contributed by atoms with Gasteiger partial charge in [-0.3, -0.25) is 0 Å². The van der Waals surface area contributed by atoms with Crippen molar-refractivity contribution in [2.45, 2.75) is 26.2 Å². The van der Waals surface area contributed by atoms with Gasteiger partial charge < -0.3 is 9.53 Å². The first-order valence-electron chi connectivity index (χ1n) is 5.34. The minimum Gasteiger partial charge on any atom is -0.497 e. The van der Waals surface area contributed by atoms with E-state index in [1.54, 1.807) is 7.11 Å². The second kappa shape index (κ2) is 6.23. The Morgan fingerprint density at radius 1 is 1.47 bits per heavy atom. The molecule has 15 heavy (non-hydrogen) atoms. The van der Waals surface area contributed by atoms with Gasteiger partial charge in [-0.15, -0.1) is 0 Å². The third-order valence-electron chi connectivity index (χ3n) is 2.49. The maximum Gasteiger partial charge on any atom is 0.122 e. The van der Waals surface area contributed by atoms with Gasteiger partial charge in [0.2, 0.25) is 0 Å². The lowest BCUT2D eigenvalue weighted by Gasteiger charge is -2.05. The Morgan fingerprint density at radius 3 is 2.93 bits per heavy atom. The SMILES string of the molecule is COc1cccc(CCCC(C)C=O)c1. The number of benzene rings is 1. The fraction of sp³-hybridized carbons (Fsp3) is 0.462. The molecule has 1 aromatic rings. The van der Waals surface area contributed by atoms with E-state index in [0.717, 1.165) is 31.3 Å². The molecule has 1 atom stereocenters. The van der Waals surface area contributed by atoms with E-state index in [1.165, 1.54) is 5.56 Å². The molecule has 82 valence electrons. The minimum absolute atomic E-state index is 0.176. The third-order valence-corrected chi connectivity index (χ3v) is 2.49. The molecule has 2 heteroatoms. The molecule has 0 aliphatic carbocycles. The van der Waals surface area contributed by atoms with Gasteiger partial charge in [-0.05, 0) is 37.0 Å². The molecular weight excluding hydrogens is 188 g/mol. The zero-order valence-corrected chi connectivity index (χ0v) is 9.40. The number of ether oxygens (including phenoxy) is 1. The molecule has 1 unspecified atom stereocenters. The summed E-state index contributed by atoms with van der Waals surface area (Å²) in [5, 5.41) is 0. The summed E-state index contributed by atoms with van der Waals surface area (Å²) in [6.45, 7) is 1.96. The standard InChI is InChI=1S/C13H18O2/c1-11(10-14)5-3-6-12-7-4-8-13(9-12)15-2/h4,7-11H,3,5-6H2,1-2H3. The van der Waals surface area contributed by atoms with Gasteiger partial charge in [-0.25, -0.2) is 0 Å². The monoisotopic (exact) mass is 206 g/mol. The lowest BCUT2D eigenvalue weighted by molar-refractivity contribution is -0.110. The summed E-state index contributed by atoms with van der Waals surface area (Å²) < 4.78 is 5.15. The van der Waals surface area contributed by atoms with Gasteiger partial charge in [0.15, 0.2) is 0 Å². The zero-order valence-electron chi connectivity index (χ0n) is 9.40. The van der Waals surface area contributed by atoms with E-state index >= 15 is 0 Å². The first-order valence-corrected chi connectivity index (χ1v) is 5.34. The van der Waals surface area contributed by atoms with Crippen molar-refractivity contribution in [2.75, 3.05) is 7.11 Å². The highest BCUT2D eigenvalue weighted by Gasteiger charge is 2.00. The van der Waals surface area contributed by atoms with Gasteiger partial charge in [0.05, 0.1) is 7.11 Å². The molecule has 0 aromatic heterocycles. The van der Waals surface area contributed by atoms with Crippen LogP contribution in [-0.2, 0) is 11.2 Å². The van der Waals surface area contributed by atoms with Crippen LogP contribution in [0, 0.1) is 5.92 Å². The van der Waals surface area contributed by atoms with Crippen molar-refractivity contribution < 1.29 is 9.53 Å². The first-order chi connectivity index (χ1) is 7.26. The normalized spacial score (nSPS) is 12.1. The number of rotatable bonds is 6. The predicted molar refractivity (Wildman–Crippen MR) is 61.2 cm³/mol. The van der Waals surface area contributed by atoms with Crippen LogP contribution in [-0.4, -0.2) is 13.4 Å². The van der Waals surface area contributed by atoms with Gasteiger partial charge in [-0.2, -0.15) is 0 Å². The van der Waals surface area contributed by atoms with E-state index < -0.39 is 0 Å². The van der Waals surface area contributed by atoms with Crippen molar-refractivity contribution in [2.24, 2.45) is 5.92 Å². The summed E-state index contributed by atoms with van der Waals surface area (Å²) in [4.78, 5) is 10.4.